The molecule has 0 fully saturated rings. The minimum Gasteiger partial charge on any atom is -0.383 e. The van der Waals surface area contributed by atoms with Crippen LogP contribution in [0.25, 0.3) is 0 Å². The number of aryl methyl sites for hydroxylation is 1. The summed E-state index contributed by atoms with van der Waals surface area (Å²) in [7, 11) is -3.28. The SMILES string of the molecule is COCCN1c2cc(NS(=O)(=O)C(F)F)c(N=Nc3nncs3)cc2CCC1C. The van der Waals surface area contributed by atoms with Gasteiger partial charge in [0.2, 0.25) is 0 Å². The number of benzene rings is 1. The molecule has 1 aromatic carbocycles. The van der Waals surface area contributed by atoms with Crippen molar-refractivity contribution in [3.05, 3.63) is 23.2 Å². The van der Waals surface area contributed by atoms with Crippen molar-refractivity contribution in [3.8, 4) is 0 Å². The van der Waals surface area contributed by atoms with Crippen LogP contribution in [0.1, 0.15) is 18.9 Å². The van der Waals surface area contributed by atoms with E-state index in [9.17, 15) is 17.2 Å². The third kappa shape index (κ3) is 5.03. The number of nitrogens with one attached hydrogen (secondary N) is 1. The van der Waals surface area contributed by atoms with Gasteiger partial charge in [-0.1, -0.05) is 11.3 Å². The van der Waals surface area contributed by atoms with Crippen LogP contribution in [-0.2, 0) is 21.2 Å². The molecule has 13 heteroatoms. The first kappa shape index (κ1) is 21.5. The predicted octanol–water partition coefficient (Wildman–Crippen LogP) is 3.71. The molecule has 9 nitrogen and oxygen atoms in total. The number of fused-ring (bicyclic) bond motifs is 1. The molecule has 158 valence electrons. The molecule has 3 rings (SSSR count). The minimum atomic E-state index is -4.87. The smallest absolute Gasteiger partial charge is 0.355 e. The number of sulfonamides is 1. The second kappa shape index (κ2) is 9.05. The van der Waals surface area contributed by atoms with Crippen LogP contribution in [0.2, 0.25) is 0 Å². The standard InChI is InChI=1S/C16H20F2N6O3S2/c1-10-3-4-11-7-12(20-22-16-21-19-9-28-16)13(23-29(25,26)15(17)18)8-14(11)24(10)5-6-27-2/h7-10,15,23H,3-6H2,1-2H3. The van der Waals surface area contributed by atoms with E-state index in [0.29, 0.717) is 13.2 Å². The van der Waals surface area contributed by atoms with Gasteiger partial charge in [0.05, 0.1) is 12.3 Å². The fourth-order valence-corrected chi connectivity index (χ4v) is 3.98. The molecule has 1 aliphatic rings. The van der Waals surface area contributed by atoms with Gasteiger partial charge in [-0.25, -0.2) is 8.42 Å². The van der Waals surface area contributed by atoms with E-state index in [0.717, 1.165) is 35.4 Å². The summed E-state index contributed by atoms with van der Waals surface area (Å²) in [5.74, 6) is -3.57. The van der Waals surface area contributed by atoms with Crippen LogP contribution >= 0.6 is 11.3 Å². The molecule has 1 aromatic heterocycles. The van der Waals surface area contributed by atoms with Gasteiger partial charge in [0.15, 0.2) is 0 Å². The lowest BCUT2D eigenvalue weighted by molar-refractivity contribution is 0.202. The quantitative estimate of drug-likeness (QED) is 0.619. The zero-order chi connectivity index (χ0) is 21.0. The lowest BCUT2D eigenvalue weighted by Crippen LogP contribution is -2.39. The fraction of sp³-hybridized carbons (Fsp3) is 0.500. The van der Waals surface area contributed by atoms with Gasteiger partial charge in [0, 0.05) is 25.4 Å². The average Bonchev–Trinajstić information content (AvgIpc) is 3.19. The van der Waals surface area contributed by atoms with Crippen LogP contribution in [-0.4, -0.2) is 50.7 Å². The Bertz CT molecular complexity index is 969. The van der Waals surface area contributed by atoms with E-state index in [1.165, 1.54) is 11.6 Å². The lowest BCUT2D eigenvalue weighted by Gasteiger charge is -2.37. The first-order chi connectivity index (χ1) is 13.8. The Morgan fingerprint density at radius 1 is 1.41 bits per heavy atom. The number of hydrogen-bond acceptors (Lipinski definition) is 9. The molecule has 1 atom stereocenters. The minimum absolute atomic E-state index is 0.0752. The van der Waals surface area contributed by atoms with Crippen LogP contribution < -0.4 is 9.62 Å². The zero-order valence-electron chi connectivity index (χ0n) is 15.7. The van der Waals surface area contributed by atoms with E-state index in [1.807, 2.05) is 11.6 Å². The Labute approximate surface area is 170 Å². The number of azo groups is 1. The number of nitrogens with zero attached hydrogens (tertiary/aromatic N) is 5. The van der Waals surface area contributed by atoms with Crippen LogP contribution in [0.3, 0.4) is 0 Å². The highest BCUT2D eigenvalue weighted by atomic mass is 32.2. The van der Waals surface area contributed by atoms with Crippen molar-refractivity contribution >= 4 is 43.6 Å². The van der Waals surface area contributed by atoms with Gasteiger partial charge in [-0.3, -0.25) is 4.72 Å². The van der Waals surface area contributed by atoms with Crippen molar-refractivity contribution < 1.29 is 21.9 Å². The van der Waals surface area contributed by atoms with Crippen molar-refractivity contribution in [1.29, 1.82) is 0 Å². The highest BCUT2D eigenvalue weighted by molar-refractivity contribution is 7.93. The number of hydrogen-bond donors (Lipinski definition) is 1. The van der Waals surface area contributed by atoms with Crippen molar-refractivity contribution in [2.45, 2.75) is 31.6 Å². The van der Waals surface area contributed by atoms with E-state index in [1.54, 1.807) is 13.2 Å². The summed E-state index contributed by atoms with van der Waals surface area (Å²) in [6, 6.07) is 3.37. The van der Waals surface area contributed by atoms with Crippen molar-refractivity contribution in [2.75, 3.05) is 29.9 Å². The first-order valence-electron chi connectivity index (χ1n) is 8.72. The monoisotopic (exact) mass is 446 g/mol. The maximum absolute atomic E-state index is 12.9. The number of alkyl halides is 2. The summed E-state index contributed by atoms with van der Waals surface area (Å²) in [6.07, 6.45) is 1.62. The lowest BCUT2D eigenvalue weighted by atomic mass is 9.95. The summed E-state index contributed by atoms with van der Waals surface area (Å²) in [4.78, 5) is 2.06. The Morgan fingerprint density at radius 2 is 2.21 bits per heavy atom. The number of methoxy groups -OCH3 is 1. The predicted molar refractivity (Wildman–Crippen MR) is 106 cm³/mol. The average molecular weight is 447 g/mol. The van der Waals surface area contributed by atoms with E-state index >= 15 is 0 Å². The van der Waals surface area contributed by atoms with Crippen LogP contribution in [0.15, 0.2) is 27.9 Å². The second-order valence-electron chi connectivity index (χ2n) is 6.40. The molecule has 1 aliphatic heterocycles. The summed E-state index contributed by atoms with van der Waals surface area (Å²) in [5.41, 5.74) is 3.20. The summed E-state index contributed by atoms with van der Waals surface area (Å²) >= 11 is 1.14. The van der Waals surface area contributed by atoms with Crippen LogP contribution in [0.5, 0.6) is 0 Å². The third-order valence-corrected chi connectivity index (χ3v) is 6.03. The maximum Gasteiger partial charge on any atom is 0.355 e. The van der Waals surface area contributed by atoms with E-state index < -0.39 is 15.8 Å². The zero-order valence-corrected chi connectivity index (χ0v) is 17.4. The number of anilines is 2. The Kier molecular flexibility index (Phi) is 6.70. The molecule has 0 spiro atoms. The summed E-state index contributed by atoms with van der Waals surface area (Å²) in [5, 5.41) is 15.6. The summed E-state index contributed by atoms with van der Waals surface area (Å²) < 4.78 is 56.5. The molecule has 0 amide bonds. The third-order valence-electron chi connectivity index (χ3n) is 4.48. The van der Waals surface area contributed by atoms with Gasteiger partial charge in [-0.2, -0.15) is 8.78 Å². The first-order valence-corrected chi connectivity index (χ1v) is 11.1. The van der Waals surface area contributed by atoms with E-state index in [2.05, 4.69) is 25.3 Å². The summed E-state index contributed by atoms with van der Waals surface area (Å²) in [6.45, 7) is 3.10. The van der Waals surface area contributed by atoms with E-state index in [-0.39, 0.29) is 22.5 Å². The number of aromatic nitrogens is 2. The van der Waals surface area contributed by atoms with Crippen LogP contribution in [0.4, 0.5) is 31.0 Å². The molecule has 1 N–H and O–H groups in total. The number of rotatable bonds is 8. The van der Waals surface area contributed by atoms with Crippen molar-refractivity contribution in [3.63, 3.8) is 0 Å². The molecule has 0 radical (unpaired) electrons. The van der Waals surface area contributed by atoms with Crippen molar-refractivity contribution in [1.82, 2.24) is 10.2 Å². The van der Waals surface area contributed by atoms with Gasteiger partial charge >= 0.3 is 5.76 Å². The van der Waals surface area contributed by atoms with Crippen LogP contribution in [0, 0.1) is 0 Å². The highest BCUT2D eigenvalue weighted by Gasteiger charge is 2.28. The van der Waals surface area contributed by atoms with Gasteiger partial charge in [-0.15, -0.1) is 20.4 Å². The molecular weight excluding hydrogens is 426 g/mol. The molecule has 0 saturated carbocycles. The molecule has 1 unspecified atom stereocenters. The molecule has 29 heavy (non-hydrogen) atoms. The van der Waals surface area contributed by atoms with Gasteiger partial charge < -0.3 is 9.64 Å². The Morgan fingerprint density at radius 3 is 2.86 bits per heavy atom. The number of ether oxygens (including phenoxy) is 1. The molecule has 0 aliphatic carbocycles. The number of halogens is 2. The van der Waals surface area contributed by atoms with Gasteiger partial charge in [0.25, 0.3) is 15.2 Å². The molecule has 2 heterocycles. The second-order valence-corrected chi connectivity index (χ2v) is 8.86. The van der Waals surface area contributed by atoms with Gasteiger partial charge in [-0.05, 0) is 37.5 Å². The normalized spacial score (nSPS) is 17.1. The molecule has 0 saturated heterocycles. The van der Waals surface area contributed by atoms with Gasteiger partial charge in [0.1, 0.15) is 11.2 Å². The molecule has 0 bridgehead atoms. The highest BCUT2D eigenvalue weighted by Crippen LogP contribution is 2.39. The maximum atomic E-state index is 12.9. The largest absolute Gasteiger partial charge is 0.383 e. The Hall–Kier alpha value is -2.25. The van der Waals surface area contributed by atoms with Crippen molar-refractivity contribution in [2.24, 2.45) is 10.2 Å². The Balaban J connectivity index is 2.05. The van der Waals surface area contributed by atoms with E-state index in [4.69, 9.17) is 4.74 Å². The molecular formula is C16H20F2N6O3S2. The topological polar surface area (TPSA) is 109 Å². The molecule has 2 aromatic rings. The fourth-order valence-electron chi connectivity index (χ4n) is 3.05.